The summed E-state index contributed by atoms with van der Waals surface area (Å²) in [5.41, 5.74) is 8.73. The van der Waals surface area contributed by atoms with Crippen LogP contribution in [-0.4, -0.2) is 56.9 Å². The minimum absolute atomic E-state index is 0.0653. The van der Waals surface area contributed by atoms with Gasteiger partial charge in [-0.1, -0.05) is 74.8 Å². The van der Waals surface area contributed by atoms with E-state index in [9.17, 15) is 14.4 Å². The van der Waals surface area contributed by atoms with Crippen molar-refractivity contribution in [2.24, 2.45) is 34.6 Å². The fourth-order valence-electron chi connectivity index (χ4n) is 3.20. The molecule has 3 amide bonds. The fourth-order valence-corrected chi connectivity index (χ4v) is 3.20. The Bertz CT molecular complexity index is 507. The number of carbonyl (C=O) groups excluding carboxylic acids is 4. The largest absolute Gasteiger partial charge is 0.400 e. The summed E-state index contributed by atoms with van der Waals surface area (Å²) in [6.07, 6.45) is 6.94. The highest BCUT2D eigenvalue weighted by Gasteiger charge is 2.34. The number of hydrogen-bond donors (Lipinski definition) is 5. The highest BCUT2D eigenvalue weighted by atomic mass is 16.2. The molecule has 0 aliphatic heterocycles. The average molecular weight is 535 g/mol. The number of rotatable bonds is 13. The van der Waals surface area contributed by atoms with Gasteiger partial charge in [-0.25, -0.2) is 0 Å². The van der Waals surface area contributed by atoms with Gasteiger partial charge in [0.15, 0.2) is 0 Å². The fraction of sp³-hybridized carbons (Fsp3) is 0.786. The molecule has 0 aromatic heterocycles. The van der Waals surface area contributed by atoms with Crippen LogP contribution in [0.25, 0.3) is 0 Å². The van der Waals surface area contributed by atoms with Gasteiger partial charge in [-0.2, -0.15) is 0 Å². The third kappa shape index (κ3) is 41.2. The molecule has 2 atom stereocenters. The van der Waals surface area contributed by atoms with Crippen LogP contribution in [0.4, 0.5) is 0 Å². The maximum absolute atomic E-state index is 12.8. The first kappa shape index (κ1) is 47.9. The van der Waals surface area contributed by atoms with Crippen molar-refractivity contribution >= 4 is 24.5 Å². The molecule has 0 aliphatic carbocycles. The van der Waals surface area contributed by atoms with Gasteiger partial charge in [0.25, 0.3) is 5.91 Å². The van der Waals surface area contributed by atoms with Crippen LogP contribution in [0.2, 0.25) is 0 Å². The molecule has 0 heterocycles. The second kappa shape index (κ2) is 38.3. The zero-order valence-corrected chi connectivity index (χ0v) is 25.9. The van der Waals surface area contributed by atoms with E-state index in [4.69, 9.17) is 9.90 Å². The maximum atomic E-state index is 12.8. The predicted molar refractivity (Wildman–Crippen MR) is 158 cm³/mol. The molecule has 9 heteroatoms. The summed E-state index contributed by atoms with van der Waals surface area (Å²) in [5, 5.41) is 12.3. The molecule has 0 aromatic rings. The second-order valence-electron chi connectivity index (χ2n) is 9.18. The van der Waals surface area contributed by atoms with Crippen molar-refractivity contribution in [1.82, 2.24) is 10.6 Å². The van der Waals surface area contributed by atoms with Gasteiger partial charge in [0.1, 0.15) is 0 Å². The maximum Gasteiger partial charge on any atom is 0.287 e. The van der Waals surface area contributed by atoms with Gasteiger partial charge in [0.2, 0.25) is 18.6 Å². The van der Waals surface area contributed by atoms with Gasteiger partial charge in [-0.05, 0) is 50.0 Å². The number of amides is 3. The lowest BCUT2D eigenvalue weighted by Crippen LogP contribution is -2.40. The number of aliphatic hydroxyl groups excluding tert-OH is 1. The van der Waals surface area contributed by atoms with E-state index in [-0.39, 0.29) is 29.4 Å². The van der Waals surface area contributed by atoms with Crippen LogP contribution in [0.15, 0.2) is 12.7 Å². The topological polar surface area (TPSA) is 165 Å². The molecule has 0 saturated heterocycles. The van der Waals surface area contributed by atoms with E-state index in [2.05, 4.69) is 77.1 Å². The lowest BCUT2D eigenvalue weighted by atomic mass is 9.72. The molecule has 37 heavy (non-hydrogen) atoms. The number of carbonyl (C=O) groups is 4. The van der Waals surface area contributed by atoms with E-state index in [1.165, 1.54) is 13.5 Å². The molecule has 0 bridgehead atoms. The van der Waals surface area contributed by atoms with Crippen molar-refractivity contribution in [1.29, 1.82) is 0 Å². The Morgan fingerprint density at radius 3 is 1.81 bits per heavy atom. The smallest absolute Gasteiger partial charge is 0.287 e. The highest BCUT2D eigenvalue weighted by molar-refractivity contribution is 6.37. The van der Waals surface area contributed by atoms with E-state index in [0.29, 0.717) is 31.8 Å². The standard InChI is InChI=1S/C20H36N2O3.C3H8.C2H6.CH3NO.CH5N.CH4O/c1-7-10-22-19(25)18(24)17(12-15(2)3)16(13-20(4,5)6)9-8-11-21-14-23;1-3-2;1-2;2-1-3;2*1-2/h7,14-17H,1,8-13H2,2-6H3,(H,21,23)(H,22,25);3H2,1-2H3;1-2H3;1H,(H2,2,3);2H2,1H3;2H,1H3. The molecular formula is C28H62N4O5. The average Bonchev–Trinajstić information content (AvgIpc) is 2.86. The van der Waals surface area contributed by atoms with E-state index in [0.717, 1.165) is 26.4 Å². The molecule has 0 rings (SSSR count). The Labute approximate surface area is 228 Å². The van der Waals surface area contributed by atoms with Crippen molar-refractivity contribution in [3.63, 3.8) is 0 Å². The Hall–Kier alpha value is -2.26. The molecular weight excluding hydrogens is 472 g/mol. The van der Waals surface area contributed by atoms with E-state index in [1.54, 1.807) is 6.08 Å². The number of ketones is 1. The predicted octanol–water partition coefficient (Wildman–Crippen LogP) is 3.83. The lowest BCUT2D eigenvalue weighted by molar-refractivity contribution is -0.141. The lowest BCUT2D eigenvalue weighted by Gasteiger charge is -2.32. The molecule has 0 saturated carbocycles. The monoisotopic (exact) mass is 534 g/mol. The van der Waals surface area contributed by atoms with Crippen LogP contribution in [0.5, 0.6) is 0 Å². The van der Waals surface area contributed by atoms with Crippen molar-refractivity contribution in [2.75, 3.05) is 27.2 Å². The summed E-state index contributed by atoms with van der Waals surface area (Å²) < 4.78 is 0. The van der Waals surface area contributed by atoms with Crippen LogP contribution in [0.1, 0.15) is 94.4 Å². The van der Waals surface area contributed by atoms with Crippen molar-refractivity contribution < 1.29 is 24.3 Å². The van der Waals surface area contributed by atoms with Crippen molar-refractivity contribution in [3.05, 3.63) is 12.7 Å². The van der Waals surface area contributed by atoms with Gasteiger partial charge in [0.05, 0.1) is 0 Å². The highest BCUT2D eigenvalue weighted by Crippen LogP contribution is 2.35. The number of nitrogens with two attached hydrogens (primary N) is 2. The van der Waals surface area contributed by atoms with Gasteiger partial charge >= 0.3 is 0 Å². The molecule has 0 spiro atoms. The summed E-state index contributed by atoms with van der Waals surface area (Å²) in [7, 11) is 2.50. The normalized spacial score (nSPS) is 10.6. The molecule has 0 fully saturated rings. The van der Waals surface area contributed by atoms with Gasteiger partial charge in [-0.3, -0.25) is 19.2 Å². The summed E-state index contributed by atoms with van der Waals surface area (Å²) in [6.45, 7) is 23.3. The van der Waals surface area contributed by atoms with Gasteiger partial charge in [-0.15, -0.1) is 6.58 Å². The second-order valence-corrected chi connectivity index (χ2v) is 9.18. The number of nitrogens with one attached hydrogen (secondary N) is 2. The molecule has 9 nitrogen and oxygen atoms in total. The molecule has 7 N–H and O–H groups in total. The van der Waals surface area contributed by atoms with E-state index in [1.807, 2.05) is 13.8 Å². The van der Waals surface area contributed by atoms with Crippen LogP contribution < -0.4 is 22.1 Å². The zero-order chi connectivity index (χ0) is 30.9. The summed E-state index contributed by atoms with van der Waals surface area (Å²) in [5.74, 6) is -0.682. The first-order valence-corrected chi connectivity index (χ1v) is 13.2. The zero-order valence-electron chi connectivity index (χ0n) is 25.9. The van der Waals surface area contributed by atoms with Crippen LogP contribution in [0.3, 0.4) is 0 Å². The van der Waals surface area contributed by atoms with Gasteiger partial charge in [0, 0.05) is 26.1 Å². The Balaban J connectivity index is -0.000000171. The molecule has 0 aliphatic rings. The Morgan fingerprint density at radius 2 is 1.49 bits per heavy atom. The third-order valence-electron chi connectivity index (χ3n) is 4.12. The number of aliphatic hydroxyl groups is 1. The number of primary amides is 1. The third-order valence-corrected chi connectivity index (χ3v) is 4.12. The number of hydrogen-bond acceptors (Lipinski definition) is 6. The minimum atomic E-state index is -0.518. The molecule has 0 aromatic carbocycles. The SMILES string of the molecule is C=CCNC(=O)C(=O)C(CC(C)C)C(CCCNC=O)CC(C)(C)C.CC.CCC.CN.CO.NC=O. The van der Waals surface area contributed by atoms with Crippen LogP contribution in [-0.2, 0) is 19.2 Å². The Kier molecular flexibility index (Phi) is 49.5. The quantitative estimate of drug-likeness (QED) is 0.104. The van der Waals surface area contributed by atoms with E-state index < -0.39 is 5.91 Å². The summed E-state index contributed by atoms with van der Waals surface area (Å²) >= 11 is 0. The molecule has 0 radical (unpaired) electrons. The van der Waals surface area contributed by atoms with Crippen LogP contribution in [0, 0.1) is 23.2 Å². The summed E-state index contributed by atoms with van der Waals surface area (Å²) in [4.78, 5) is 44.0. The van der Waals surface area contributed by atoms with Crippen molar-refractivity contribution in [2.45, 2.75) is 94.4 Å². The number of Topliss-reactive ketones (excluding diaryl/α,β-unsaturated/α-hetero) is 1. The first-order chi connectivity index (χ1) is 17.4. The van der Waals surface area contributed by atoms with Crippen LogP contribution >= 0.6 is 0 Å². The van der Waals surface area contributed by atoms with Crippen molar-refractivity contribution in [3.8, 4) is 0 Å². The Morgan fingerprint density at radius 1 is 1.05 bits per heavy atom. The molecule has 224 valence electrons. The van der Waals surface area contributed by atoms with E-state index >= 15 is 0 Å². The summed E-state index contributed by atoms with van der Waals surface area (Å²) in [6, 6.07) is 0. The minimum Gasteiger partial charge on any atom is -0.400 e. The first-order valence-electron chi connectivity index (χ1n) is 13.2. The molecule has 2 unspecified atom stereocenters. The van der Waals surface area contributed by atoms with Gasteiger partial charge < -0.3 is 27.2 Å².